The van der Waals surface area contributed by atoms with E-state index >= 15 is 0 Å². The summed E-state index contributed by atoms with van der Waals surface area (Å²) in [5.74, 6) is 0. The second kappa shape index (κ2) is 5.93. The monoisotopic (exact) mass is 221 g/mol. The van der Waals surface area contributed by atoms with E-state index in [-0.39, 0.29) is 0 Å². The van der Waals surface area contributed by atoms with Gasteiger partial charge < -0.3 is 0 Å². The van der Waals surface area contributed by atoms with Gasteiger partial charge in [0.25, 0.3) is 0 Å². The molecule has 0 bridgehead atoms. The molecule has 0 aliphatic rings. The fraction of sp³-hybridized carbons (Fsp3) is 0. The Morgan fingerprint density at radius 1 is 0.875 bits per heavy atom. The molecule has 0 fully saturated rings. The van der Waals surface area contributed by atoms with Crippen LogP contribution in [-0.2, 0) is 34.3 Å². The van der Waals surface area contributed by atoms with Gasteiger partial charge in [-0.3, -0.25) is 0 Å². The van der Waals surface area contributed by atoms with Crippen molar-refractivity contribution in [2.75, 3.05) is 0 Å². The fourth-order valence-corrected chi connectivity index (χ4v) is 0. The third-order valence-corrected chi connectivity index (χ3v) is 0. The molecule has 0 amide bonds. The van der Waals surface area contributed by atoms with Crippen LogP contribution in [0, 0.1) is 0 Å². The van der Waals surface area contributed by atoms with Crippen molar-refractivity contribution in [3.8, 4) is 0 Å². The molecule has 0 spiro atoms. The van der Waals surface area contributed by atoms with Gasteiger partial charge in [-0.15, -0.1) is 0 Å². The van der Waals surface area contributed by atoms with Crippen LogP contribution in [0.2, 0.25) is 0 Å². The van der Waals surface area contributed by atoms with E-state index in [1.54, 1.807) is 0 Å². The molecule has 8 heteroatoms. The van der Waals surface area contributed by atoms with Gasteiger partial charge in [-0.25, -0.2) is 0 Å². The Morgan fingerprint density at radius 2 is 0.875 bits per heavy atom. The second-order valence-electron chi connectivity index (χ2n) is 0.476. The third kappa shape index (κ3) is 357. The van der Waals surface area contributed by atoms with Gasteiger partial charge in [0, 0.05) is 0 Å². The zero-order valence-electron chi connectivity index (χ0n) is 3.10. The molecule has 55 valence electrons. The van der Waals surface area contributed by atoms with Crippen LogP contribution in [0.5, 0.6) is 0 Å². The van der Waals surface area contributed by atoms with E-state index in [0.29, 0.717) is 0 Å². The fourth-order valence-electron chi connectivity index (χ4n) is 0. The van der Waals surface area contributed by atoms with Crippen LogP contribution in [0.15, 0.2) is 0 Å². The summed E-state index contributed by atoms with van der Waals surface area (Å²) in [4.78, 5) is 0. The van der Waals surface area contributed by atoms with E-state index in [9.17, 15) is 19.5 Å². The van der Waals surface area contributed by atoms with E-state index in [4.69, 9.17) is 0 Å². The van der Waals surface area contributed by atoms with Gasteiger partial charge in [0.15, 0.2) is 0 Å². The normalized spacial score (nSPS) is 10.2. The Balaban J connectivity index is 0. The Bertz CT molecular complexity index is 32.3. The van der Waals surface area contributed by atoms with E-state index in [1.165, 1.54) is 0 Å². The average molecular weight is 221 g/mol. The Hall–Kier alpha value is 0.801. The molecule has 0 nitrogen and oxygen atoms in total. The second-order valence-corrected chi connectivity index (χ2v) is 1.96. The molecular formula is CoF6Ti. The quantitative estimate of drug-likeness (QED) is 0.435. The molecule has 0 heterocycles. The van der Waals surface area contributed by atoms with Gasteiger partial charge in [0.2, 0.25) is 0 Å². The first-order chi connectivity index (χ1) is 3.41. The summed E-state index contributed by atoms with van der Waals surface area (Å²) in [6.07, 6.45) is 0. The number of hydrogen-bond acceptors (Lipinski definition) is 0. The van der Waals surface area contributed by atoms with Crippen molar-refractivity contribution in [2.24, 2.45) is 0 Å². The minimum absolute atomic E-state index is 1.56. The molecule has 0 aliphatic heterocycles. The van der Waals surface area contributed by atoms with Crippen LogP contribution < -0.4 is 0 Å². The van der Waals surface area contributed by atoms with Crippen LogP contribution in [-0.4, -0.2) is 0 Å². The van der Waals surface area contributed by atoms with Gasteiger partial charge in [-0.1, -0.05) is 0 Å². The Labute approximate surface area is 54.2 Å². The standard InChI is InChI=1S/Co.6FH.Ti/h;6*1H;/q+2;;;;;;;+4/p-6. The van der Waals surface area contributed by atoms with Crippen LogP contribution in [0.4, 0.5) is 19.5 Å². The van der Waals surface area contributed by atoms with Crippen LogP contribution >= 0.6 is 0 Å². The predicted molar refractivity (Wildman–Crippen MR) is 6.65 cm³/mol. The summed E-state index contributed by atoms with van der Waals surface area (Å²) < 4.78 is 58.7. The summed E-state index contributed by atoms with van der Waals surface area (Å²) >= 11 is -8.56. The van der Waals surface area contributed by atoms with Crippen molar-refractivity contribution in [1.82, 2.24) is 0 Å². The minimum atomic E-state index is -7.00. The Kier molecular flexibility index (Phi) is 8.58. The molecule has 0 N–H and O–H groups in total. The first kappa shape index (κ1) is 11.6. The predicted octanol–water partition coefficient (Wildman–Crippen LogP) is 2.52. The zero-order chi connectivity index (χ0) is 7.21. The van der Waals surface area contributed by atoms with Gasteiger partial charge in [0.1, 0.15) is 0 Å². The van der Waals surface area contributed by atoms with Gasteiger partial charge in [-0.05, 0) is 0 Å². The number of halogens is 6. The summed E-state index contributed by atoms with van der Waals surface area (Å²) in [6.45, 7) is 0. The molecule has 0 rings (SSSR count). The molecular weight excluding hydrogens is 221 g/mol. The number of hydrogen-bond donors (Lipinski definition) is 0. The SMILES string of the molecule is [F][Co][F].[F][Ti]([F])([F])[F]. The van der Waals surface area contributed by atoms with Crippen molar-refractivity contribution in [1.29, 1.82) is 0 Å². The van der Waals surface area contributed by atoms with E-state index in [0.717, 1.165) is 0 Å². The van der Waals surface area contributed by atoms with Crippen molar-refractivity contribution in [2.45, 2.75) is 0 Å². The summed E-state index contributed by atoms with van der Waals surface area (Å²) in [5, 5.41) is 0. The third-order valence-electron chi connectivity index (χ3n) is 0. The molecule has 0 unspecified atom stereocenters. The van der Waals surface area contributed by atoms with E-state index in [2.05, 4.69) is 0 Å². The first-order valence-corrected chi connectivity index (χ1v) is 4.16. The molecule has 0 aromatic heterocycles. The summed E-state index contributed by atoms with van der Waals surface area (Å²) in [5.41, 5.74) is 0. The Morgan fingerprint density at radius 3 is 0.875 bits per heavy atom. The van der Waals surface area contributed by atoms with Crippen LogP contribution in [0.25, 0.3) is 0 Å². The molecule has 0 saturated heterocycles. The van der Waals surface area contributed by atoms with Gasteiger partial charge in [0.05, 0.1) is 0 Å². The van der Waals surface area contributed by atoms with Crippen LogP contribution in [0.3, 0.4) is 0 Å². The maximum atomic E-state index is 9.88. The molecule has 0 atom stereocenters. The molecule has 0 radical (unpaired) electrons. The molecule has 8 heavy (non-hydrogen) atoms. The number of rotatable bonds is 0. The van der Waals surface area contributed by atoms with E-state index < -0.39 is 34.3 Å². The topological polar surface area (TPSA) is 0 Å². The van der Waals surface area contributed by atoms with Gasteiger partial charge in [-0.2, -0.15) is 0 Å². The van der Waals surface area contributed by atoms with Crippen molar-refractivity contribution in [3.05, 3.63) is 0 Å². The average Bonchev–Trinajstić information content (AvgIpc) is 1.27. The van der Waals surface area contributed by atoms with E-state index in [1.807, 2.05) is 0 Å². The van der Waals surface area contributed by atoms with Crippen molar-refractivity contribution in [3.63, 3.8) is 0 Å². The van der Waals surface area contributed by atoms with Crippen molar-refractivity contribution < 1.29 is 53.9 Å². The zero-order valence-corrected chi connectivity index (χ0v) is 5.70. The maximum absolute atomic E-state index is 9.88. The molecule has 0 saturated carbocycles. The van der Waals surface area contributed by atoms with Gasteiger partial charge >= 0.3 is 53.9 Å². The summed E-state index contributed by atoms with van der Waals surface area (Å²) in [7, 11) is 0. The first-order valence-electron chi connectivity index (χ1n) is 1.01. The van der Waals surface area contributed by atoms with Crippen molar-refractivity contribution >= 4 is 0 Å². The summed E-state index contributed by atoms with van der Waals surface area (Å²) in [6, 6.07) is 0. The molecule has 0 aromatic rings. The van der Waals surface area contributed by atoms with Crippen LogP contribution in [0.1, 0.15) is 0 Å². The molecule has 0 aliphatic carbocycles. The molecule has 0 aromatic carbocycles.